The molecule has 0 aliphatic rings. The molecular weight excluding hydrogens is 647 g/mol. The highest BCUT2D eigenvalue weighted by Crippen LogP contribution is 2.28. The zero-order chi connectivity index (χ0) is 38.8. The number of hydrogen-bond donors (Lipinski definition) is 1. The first-order valence-electron chi connectivity index (χ1n) is 22.7. The highest BCUT2D eigenvalue weighted by Gasteiger charge is 2.29. The van der Waals surface area contributed by atoms with Crippen LogP contribution in [0.5, 0.6) is 0 Å². The zero-order valence-electron chi connectivity index (χ0n) is 36.1. The molecule has 6 heteroatoms. The lowest BCUT2D eigenvalue weighted by atomic mass is 9.87. The van der Waals surface area contributed by atoms with Crippen molar-refractivity contribution < 1.29 is 24.2 Å². The van der Waals surface area contributed by atoms with Crippen molar-refractivity contribution in [1.29, 1.82) is 0 Å². The molecule has 0 bridgehead atoms. The monoisotopic (exact) mass is 738 g/mol. The van der Waals surface area contributed by atoms with Gasteiger partial charge in [-0.25, -0.2) is 0 Å². The Kier molecular flexibility index (Phi) is 33.6. The van der Waals surface area contributed by atoms with Gasteiger partial charge >= 0.3 is 11.9 Å². The number of hydrogen-bond acceptors (Lipinski definition) is 6. The Hall–Kier alpha value is -1.14. The normalized spacial score (nSPS) is 12.3. The maximum Gasteiger partial charge on any atom is 0.311 e. The van der Waals surface area contributed by atoms with Crippen LogP contribution in [0.4, 0.5) is 0 Å². The van der Waals surface area contributed by atoms with E-state index in [-0.39, 0.29) is 24.0 Å². The Morgan fingerprint density at radius 2 is 1.04 bits per heavy atom. The Labute approximate surface area is 324 Å². The highest BCUT2D eigenvalue weighted by atomic mass is 16.5. The van der Waals surface area contributed by atoms with E-state index in [4.69, 9.17) is 9.47 Å². The summed E-state index contributed by atoms with van der Waals surface area (Å²) in [5.74, 6) is 0.623. The van der Waals surface area contributed by atoms with Crippen LogP contribution in [0.3, 0.4) is 0 Å². The molecule has 6 nitrogen and oxygen atoms in total. The van der Waals surface area contributed by atoms with Crippen LogP contribution in [0.1, 0.15) is 228 Å². The molecule has 0 rings (SSSR count). The number of aliphatic hydroxyl groups excluding tert-OH is 1. The molecule has 0 saturated carbocycles. The van der Waals surface area contributed by atoms with Crippen LogP contribution in [0, 0.1) is 16.7 Å². The summed E-state index contributed by atoms with van der Waals surface area (Å²) in [5, 5.41) is 9.62. The molecule has 52 heavy (non-hydrogen) atoms. The van der Waals surface area contributed by atoms with Crippen molar-refractivity contribution in [3.05, 3.63) is 0 Å². The smallest absolute Gasteiger partial charge is 0.311 e. The van der Waals surface area contributed by atoms with Crippen molar-refractivity contribution in [2.45, 2.75) is 228 Å². The molecular formula is C46H91NO5. The maximum absolute atomic E-state index is 13.0. The summed E-state index contributed by atoms with van der Waals surface area (Å²) in [6.45, 7) is 19.3. The van der Waals surface area contributed by atoms with E-state index in [2.05, 4.69) is 53.4 Å². The molecule has 0 aromatic rings. The lowest BCUT2D eigenvalue weighted by Crippen LogP contribution is -2.29. The van der Waals surface area contributed by atoms with E-state index in [1.165, 1.54) is 96.3 Å². The fourth-order valence-electron chi connectivity index (χ4n) is 7.26. The van der Waals surface area contributed by atoms with Gasteiger partial charge in [0.15, 0.2) is 0 Å². The van der Waals surface area contributed by atoms with Gasteiger partial charge in [-0.1, -0.05) is 169 Å². The summed E-state index contributed by atoms with van der Waals surface area (Å²) in [5.41, 5.74) is -0.416. The molecule has 0 aromatic heterocycles. The van der Waals surface area contributed by atoms with Crippen LogP contribution < -0.4 is 0 Å². The number of ether oxygens (including phenoxy) is 2. The SMILES string of the molecule is CCCCCCCCCC(=O)OCC(C)(C)CCCCCN(CCO)CCCCCCC(C)(C)C(=O)OCCC(CCCCCC)CCCCCC. The fraction of sp³-hybridized carbons (Fsp3) is 0.957. The Balaban J connectivity index is 4.18. The van der Waals surface area contributed by atoms with Crippen LogP contribution >= 0.6 is 0 Å². The predicted octanol–water partition coefficient (Wildman–Crippen LogP) is 13.0. The van der Waals surface area contributed by atoms with Gasteiger partial charge in [0.1, 0.15) is 0 Å². The summed E-state index contributed by atoms with van der Waals surface area (Å²) in [4.78, 5) is 27.6. The molecule has 0 heterocycles. The molecule has 0 aliphatic heterocycles. The van der Waals surface area contributed by atoms with Crippen molar-refractivity contribution in [1.82, 2.24) is 4.90 Å². The second kappa shape index (κ2) is 34.4. The third kappa shape index (κ3) is 31.2. The third-order valence-corrected chi connectivity index (χ3v) is 11.1. The lowest BCUT2D eigenvalue weighted by molar-refractivity contribution is -0.154. The number of carbonyl (C=O) groups is 2. The van der Waals surface area contributed by atoms with Crippen molar-refractivity contribution >= 4 is 11.9 Å². The average molecular weight is 738 g/mol. The van der Waals surface area contributed by atoms with Gasteiger partial charge in [0.05, 0.1) is 25.2 Å². The van der Waals surface area contributed by atoms with Crippen LogP contribution in [-0.2, 0) is 19.1 Å². The molecule has 0 radical (unpaired) electrons. The largest absolute Gasteiger partial charge is 0.465 e. The quantitative estimate of drug-likeness (QED) is 0.0500. The van der Waals surface area contributed by atoms with Crippen LogP contribution in [0.2, 0.25) is 0 Å². The van der Waals surface area contributed by atoms with Gasteiger partial charge in [-0.05, 0) is 76.8 Å². The minimum atomic E-state index is -0.426. The minimum absolute atomic E-state index is 0.00999. The number of carbonyl (C=O) groups excluding carboxylic acids is 2. The Morgan fingerprint density at radius 1 is 0.558 bits per heavy atom. The zero-order valence-corrected chi connectivity index (χ0v) is 36.1. The number of esters is 2. The van der Waals surface area contributed by atoms with Crippen molar-refractivity contribution in [3.63, 3.8) is 0 Å². The molecule has 0 aromatic carbocycles. The van der Waals surface area contributed by atoms with Crippen LogP contribution in [0.15, 0.2) is 0 Å². The molecule has 0 aliphatic carbocycles. The molecule has 0 unspecified atom stereocenters. The number of nitrogens with zero attached hydrogens (tertiary/aromatic N) is 1. The second-order valence-electron chi connectivity index (χ2n) is 17.6. The lowest BCUT2D eigenvalue weighted by Gasteiger charge is -2.25. The van der Waals surface area contributed by atoms with E-state index in [9.17, 15) is 14.7 Å². The standard InChI is InChI=1S/C46H91NO5/c1-8-11-14-17-18-19-25-32-43(49)52-41-45(4,5)34-26-22-29-37-47(38-39-48)36-28-21-20-27-35-46(6,7)44(50)51-40-33-42(30-23-15-12-9-2)31-24-16-13-10-3/h42,48H,8-41H2,1-7H3. The second-order valence-corrected chi connectivity index (χ2v) is 17.6. The molecule has 0 amide bonds. The number of aliphatic hydroxyl groups is 1. The third-order valence-electron chi connectivity index (χ3n) is 11.1. The first-order chi connectivity index (χ1) is 25.0. The van der Waals surface area contributed by atoms with Gasteiger partial charge in [0, 0.05) is 13.0 Å². The van der Waals surface area contributed by atoms with Crippen LogP contribution in [-0.4, -0.2) is 61.4 Å². The highest BCUT2D eigenvalue weighted by molar-refractivity contribution is 5.75. The van der Waals surface area contributed by atoms with Gasteiger partial charge in [0.2, 0.25) is 0 Å². The van der Waals surface area contributed by atoms with E-state index in [0.717, 1.165) is 96.7 Å². The molecule has 0 saturated heterocycles. The topological polar surface area (TPSA) is 76.1 Å². The Morgan fingerprint density at radius 3 is 1.62 bits per heavy atom. The molecule has 0 fully saturated rings. The summed E-state index contributed by atoms with van der Waals surface area (Å²) in [7, 11) is 0. The van der Waals surface area contributed by atoms with E-state index < -0.39 is 5.41 Å². The van der Waals surface area contributed by atoms with E-state index in [1.807, 2.05) is 0 Å². The number of rotatable bonds is 39. The summed E-state index contributed by atoms with van der Waals surface area (Å²) in [6, 6.07) is 0. The van der Waals surface area contributed by atoms with Crippen molar-refractivity contribution in [2.75, 3.05) is 39.5 Å². The van der Waals surface area contributed by atoms with Gasteiger partial charge in [-0.2, -0.15) is 0 Å². The molecule has 0 spiro atoms. The van der Waals surface area contributed by atoms with E-state index >= 15 is 0 Å². The summed E-state index contributed by atoms with van der Waals surface area (Å²) in [6.07, 6.45) is 32.9. The van der Waals surface area contributed by atoms with Crippen molar-refractivity contribution in [3.8, 4) is 0 Å². The summed E-state index contributed by atoms with van der Waals surface area (Å²) >= 11 is 0. The minimum Gasteiger partial charge on any atom is -0.465 e. The maximum atomic E-state index is 13.0. The molecule has 0 atom stereocenters. The van der Waals surface area contributed by atoms with Gasteiger partial charge < -0.3 is 19.5 Å². The number of unbranched alkanes of at least 4 members (excludes halogenated alkanes) is 17. The van der Waals surface area contributed by atoms with Crippen LogP contribution in [0.25, 0.3) is 0 Å². The van der Waals surface area contributed by atoms with Crippen molar-refractivity contribution in [2.24, 2.45) is 16.7 Å². The molecule has 310 valence electrons. The summed E-state index contributed by atoms with van der Waals surface area (Å²) < 4.78 is 11.5. The first kappa shape index (κ1) is 50.9. The van der Waals surface area contributed by atoms with E-state index in [1.54, 1.807) is 0 Å². The first-order valence-corrected chi connectivity index (χ1v) is 22.7. The van der Waals surface area contributed by atoms with Gasteiger partial charge in [0.25, 0.3) is 0 Å². The van der Waals surface area contributed by atoms with Gasteiger partial charge in [-0.3, -0.25) is 9.59 Å². The predicted molar refractivity (Wildman–Crippen MR) is 223 cm³/mol. The van der Waals surface area contributed by atoms with Gasteiger partial charge in [-0.15, -0.1) is 0 Å². The average Bonchev–Trinajstić information content (AvgIpc) is 3.11. The van der Waals surface area contributed by atoms with E-state index in [0.29, 0.717) is 25.6 Å². The molecule has 1 N–H and O–H groups in total. The fourth-order valence-corrected chi connectivity index (χ4v) is 7.26. The Bertz CT molecular complexity index is 801.